The molecule has 0 amide bonds. The first-order valence-corrected chi connectivity index (χ1v) is 6.30. The van der Waals surface area contributed by atoms with Gasteiger partial charge in [0.05, 0.1) is 0 Å². The Morgan fingerprint density at radius 3 is 2.56 bits per heavy atom. The van der Waals surface area contributed by atoms with Crippen molar-refractivity contribution in [3.63, 3.8) is 0 Å². The first-order chi connectivity index (χ1) is 8.60. The normalized spacial score (nSPS) is 11.3. The maximum atomic E-state index is 12.2. The summed E-state index contributed by atoms with van der Waals surface area (Å²) in [6.45, 7) is 6.61. The van der Waals surface area contributed by atoms with Gasteiger partial charge in [-0.15, -0.1) is 0 Å². The van der Waals surface area contributed by atoms with E-state index < -0.39 is 0 Å². The summed E-state index contributed by atoms with van der Waals surface area (Å²) in [5, 5.41) is 0. The minimum Gasteiger partial charge on any atom is -0.336 e. The van der Waals surface area contributed by atoms with Gasteiger partial charge in [0.2, 0.25) is 0 Å². The zero-order chi connectivity index (χ0) is 13.3. The van der Waals surface area contributed by atoms with E-state index >= 15 is 0 Å². The van der Waals surface area contributed by atoms with Gasteiger partial charge < -0.3 is 4.98 Å². The van der Waals surface area contributed by atoms with Crippen molar-refractivity contribution in [3.05, 3.63) is 26.7 Å². The second kappa shape index (κ2) is 4.80. The summed E-state index contributed by atoms with van der Waals surface area (Å²) in [4.78, 5) is 31.5. The van der Waals surface area contributed by atoms with E-state index in [0.29, 0.717) is 30.1 Å². The molecule has 0 radical (unpaired) electrons. The van der Waals surface area contributed by atoms with Crippen LogP contribution in [0.5, 0.6) is 0 Å². The van der Waals surface area contributed by atoms with Crippen LogP contribution in [0.3, 0.4) is 0 Å². The summed E-state index contributed by atoms with van der Waals surface area (Å²) < 4.78 is 2.84. The molecule has 0 aliphatic rings. The van der Waals surface area contributed by atoms with Crippen molar-refractivity contribution in [2.75, 3.05) is 0 Å². The topological polar surface area (TPSA) is 72.7 Å². The molecule has 2 aromatic heterocycles. The fourth-order valence-corrected chi connectivity index (χ4v) is 2.08. The molecule has 2 heterocycles. The van der Waals surface area contributed by atoms with Gasteiger partial charge in [-0.1, -0.05) is 13.3 Å². The first kappa shape index (κ1) is 12.6. The third-order valence-electron chi connectivity index (χ3n) is 3.03. The van der Waals surface area contributed by atoms with Gasteiger partial charge in [0.1, 0.15) is 11.3 Å². The van der Waals surface area contributed by atoms with Crippen LogP contribution in [-0.2, 0) is 13.1 Å². The Morgan fingerprint density at radius 1 is 1.22 bits per heavy atom. The van der Waals surface area contributed by atoms with Gasteiger partial charge in [-0.05, 0) is 20.3 Å². The van der Waals surface area contributed by atoms with E-state index in [4.69, 9.17) is 0 Å². The fraction of sp³-hybridized carbons (Fsp3) is 0.583. The van der Waals surface area contributed by atoms with Crippen molar-refractivity contribution in [2.24, 2.45) is 0 Å². The van der Waals surface area contributed by atoms with Gasteiger partial charge >= 0.3 is 5.69 Å². The molecular formula is C12H18N4O2. The van der Waals surface area contributed by atoms with E-state index in [-0.39, 0.29) is 11.2 Å². The highest BCUT2D eigenvalue weighted by Crippen LogP contribution is 2.06. The lowest BCUT2D eigenvalue weighted by atomic mass is 10.3. The number of fused-ring (bicyclic) bond motifs is 1. The van der Waals surface area contributed by atoms with Crippen LogP contribution in [0.25, 0.3) is 11.2 Å². The number of aryl methyl sites for hydroxylation is 2. The molecule has 2 rings (SSSR count). The molecule has 0 unspecified atom stereocenters. The average molecular weight is 250 g/mol. The summed E-state index contributed by atoms with van der Waals surface area (Å²) in [6, 6.07) is 0. The molecule has 0 spiro atoms. The van der Waals surface area contributed by atoms with E-state index in [9.17, 15) is 9.59 Å². The smallest absolute Gasteiger partial charge is 0.332 e. The average Bonchev–Trinajstić information content (AvgIpc) is 2.72. The van der Waals surface area contributed by atoms with E-state index in [1.54, 1.807) is 18.4 Å². The number of hydrogen-bond acceptors (Lipinski definition) is 3. The minimum atomic E-state index is -0.286. The Hall–Kier alpha value is -1.85. The lowest BCUT2D eigenvalue weighted by molar-refractivity contribution is 0.562. The molecule has 6 nitrogen and oxygen atoms in total. The summed E-state index contributed by atoms with van der Waals surface area (Å²) in [6.07, 6.45) is 1.88. The number of aromatic amines is 1. The summed E-state index contributed by atoms with van der Waals surface area (Å²) in [7, 11) is 0. The monoisotopic (exact) mass is 250 g/mol. The van der Waals surface area contributed by atoms with Gasteiger partial charge in [0, 0.05) is 13.1 Å². The largest absolute Gasteiger partial charge is 0.336 e. The summed E-state index contributed by atoms with van der Waals surface area (Å²) in [5.41, 5.74) is 0.339. The number of imidazole rings is 1. The van der Waals surface area contributed by atoms with Crippen LogP contribution in [0.2, 0.25) is 0 Å². The third kappa shape index (κ3) is 1.87. The molecule has 0 aromatic carbocycles. The zero-order valence-corrected chi connectivity index (χ0v) is 11.0. The highest BCUT2D eigenvalue weighted by Gasteiger charge is 2.14. The highest BCUT2D eigenvalue weighted by molar-refractivity contribution is 5.69. The van der Waals surface area contributed by atoms with Crippen molar-refractivity contribution < 1.29 is 0 Å². The van der Waals surface area contributed by atoms with Gasteiger partial charge in [-0.25, -0.2) is 9.78 Å². The van der Waals surface area contributed by atoms with Crippen LogP contribution in [0.4, 0.5) is 0 Å². The quantitative estimate of drug-likeness (QED) is 0.880. The molecule has 0 aliphatic carbocycles. The molecule has 0 atom stereocenters. The molecule has 98 valence electrons. The lowest BCUT2D eigenvalue weighted by Gasteiger charge is -2.09. The van der Waals surface area contributed by atoms with Crippen molar-refractivity contribution in [3.8, 4) is 0 Å². The lowest BCUT2D eigenvalue weighted by Crippen LogP contribution is -2.39. The standard InChI is InChI=1S/C12H18N4O2/c1-4-6-7-16-10-9(13-8(3)14-10)11(17)15(5-2)12(16)18/h4-7H2,1-3H3,(H,13,14). The molecule has 1 N–H and O–H groups in total. The van der Waals surface area contributed by atoms with Crippen molar-refractivity contribution in [2.45, 2.75) is 46.7 Å². The molecule has 18 heavy (non-hydrogen) atoms. The minimum absolute atomic E-state index is 0.269. The molecule has 6 heteroatoms. The van der Waals surface area contributed by atoms with Crippen LogP contribution in [0, 0.1) is 6.92 Å². The van der Waals surface area contributed by atoms with E-state index in [1.165, 1.54) is 4.57 Å². The first-order valence-electron chi connectivity index (χ1n) is 6.30. The molecule has 2 aromatic rings. The van der Waals surface area contributed by atoms with Crippen molar-refractivity contribution in [1.29, 1.82) is 0 Å². The Balaban J connectivity index is 2.81. The maximum Gasteiger partial charge on any atom is 0.332 e. The van der Waals surface area contributed by atoms with E-state index in [0.717, 1.165) is 12.8 Å². The molecule has 0 saturated carbocycles. The highest BCUT2D eigenvalue weighted by atomic mass is 16.2. The van der Waals surface area contributed by atoms with Gasteiger partial charge in [0.15, 0.2) is 5.65 Å². The predicted molar refractivity (Wildman–Crippen MR) is 69.9 cm³/mol. The molecule has 0 aliphatic heterocycles. The number of aromatic nitrogens is 4. The van der Waals surface area contributed by atoms with Gasteiger partial charge in [-0.3, -0.25) is 13.9 Å². The van der Waals surface area contributed by atoms with E-state index in [1.807, 2.05) is 0 Å². The fourth-order valence-electron chi connectivity index (χ4n) is 2.08. The second-order valence-electron chi connectivity index (χ2n) is 4.36. The van der Waals surface area contributed by atoms with Crippen molar-refractivity contribution >= 4 is 11.2 Å². The van der Waals surface area contributed by atoms with Gasteiger partial charge in [0.25, 0.3) is 5.56 Å². The third-order valence-corrected chi connectivity index (χ3v) is 3.03. The van der Waals surface area contributed by atoms with Crippen LogP contribution < -0.4 is 11.2 Å². The van der Waals surface area contributed by atoms with Crippen LogP contribution in [-0.4, -0.2) is 19.1 Å². The number of unbranched alkanes of at least 4 members (excludes halogenated alkanes) is 1. The Bertz CT molecular complexity index is 678. The Morgan fingerprint density at radius 2 is 1.94 bits per heavy atom. The van der Waals surface area contributed by atoms with Crippen LogP contribution >= 0.6 is 0 Å². The summed E-state index contributed by atoms with van der Waals surface area (Å²) >= 11 is 0. The van der Waals surface area contributed by atoms with Gasteiger partial charge in [-0.2, -0.15) is 0 Å². The number of nitrogens with zero attached hydrogens (tertiary/aromatic N) is 3. The molecule has 0 bridgehead atoms. The maximum absolute atomic E-state index is 12.2. The number of rotatable bonds is 4. The van der Waals surface area contributed by atoms with E-state index in [2.05, 4.69) is 16.9 Å². The van der Waals surface area contributed by atoms with Crippen LogP contribution in [0.15, 0.2) is 9.59 Å². The van der Waals surface area contributed by atoms with Crippen molar-refractivity contribution in [1.82, 2.24) is 19.1 Å². The zero-order valence-electron chi connectivity index (χ0n) is 11.0. The Kier molecular flexibility index (Phi) is 3.36. The number of nitrogens with one attached hydrogen (secondary N) is 1. The molecular weight excluding hydrogens is 232 g/mol. The predicted octanol–water partition coefficient (Wildman–Crippen LogP) is 1.01. The second-order valence-corrected chi connectivity index (χ2v) is 4.36. The number of H-pyrrole nitrogens is 1. The van der Waals surface area contributed by atoms with Crippen LogP contribution in [0.1, 0.15) is 32.5 Å². The molecule has 0 saturated heterocycles. The molecule has 0 fully saturated rings. The summed E-state index contributed by atoms with van der Waals surface area (Å²) in [5.74, 6) is 0.653. The SMILES string of the molecule is CCCCn1c(=O)n(CC)c(=O)c2[nH]c(C)nc21. The number of hydrogen-bond donors (Lipinski definition) is 1. The Labute approximate surface area is 104 Å².